The van der Waals surface area contributed by atoms with E-state index in [4.69, 9.17) is 4.74 Å². The maximum atomic E-state index is 14.7. The van der Waals surface area contributed by atoms with Gasteiger partial charge in [0.05, 0.1) is 42.4 Å². The van der Waals surface area contributed by atoms with Crippen LogP contribution in [0.5, 0.6) is 0 Å². The Balaban J connectivity index is 1.74. The molecular formula is C29H45BrN4O5S. The van der Waals surface area contributed by atoms with Crippen LogP contribution in [0.25, 0.3) is 0 Å². The molecule has 4 fully saturated rings. The predicted molar refractivity (Wildman–Crippen MR) is 161 cm³/mol. The van der Waals surface area contributed by atoms with Crippen LogP contribution in [0, 0.1) is 17.8 Å². The number of rotatable bonds is 13. The van der Waals surface area contributed by atoms with E-state index in [0.717, 1.165) is 19.5 Å². The van der Waals surface area contributed by atoms with E-state index in [9.17, 15) is 19.5 Å². The normalized spacial score (nSPS) is 33.0. The second-order valence-corrected chi connectivity index (χ2v) is 14.3. The van der Waals surface area contributed by atoms with E-state index in [1.807, 2.05) is 18.7 Å². The van der Waals surface area contributed by atoms with Crippen molar-refractivity contribution >= 4 is 45.4 Å². The summed E-state index contributed by atoms with van der Waals surface area (Å²) in [5.74, 6) is -1.56. The van der Waals surface area contributed by atoms with Crippen molar-refractivity contribution in [3.63, 3.8) is 0 Å². The van der Waals surface area contributed by atoms with Gasteiger partial charge in [-0.25, -0.2) is 0 Å². The minimum Gasteiger partial charge on any atom is -0.394 e. The lowest BCUT2D eigenvalue weighted by Gasteiger charge is -2.41. The van der Waals surface area contributed by atoms with E-state index in [2.05, 4.69) is 34.0 Å². The molecule has 9 nitrogen and oxygen atoms in total. The second kappa shape index (κ2) is 13.3. The number of hydrogen-bond donors (Lipinski definition) is 1. The van der Waals surface area contributed by atoms with E-state index >= 15 is 0 Å². The van der Waals surface area contributed by atoms with Crippen LogP contribution >= 0.6 is 27.7 Å². The van der Waals surface area contributed by atoms with Crippen molar-refractivity contribution in [2.75, 3.05) is 66.1 Å². The van der Waals surface area contributed by atoms with Gasteiger partial charge in [0.25, 0.3) is 0 Å². The number of alkyl halides is 1. The van der Waals surface area contributed by atoms with Crippen LogP contribution in [0.3, 0.4) is 0 Å². The largest absolute Gasteiger partial charge is 0.394 e. The Morgan fingerprint density at radius 3 is 2.52 bits per heavy atom. The van der Waals surface area contributed by atoms with E-state index in [1.165, 1.54) is 0 Å². The van der Waals surface area contributed by atoms with Crippen LogP contribution in [0.15, 0.2) is 25.3 Å². The van der Waals surface area contributed by atoms with Crippen LogP contribution < -0.4 is 0 Å². The molecule has 8 atom stereocenters. The molecule has 4 saturated heterocycles. The van der Waals surface area contributed by atoms with Crippen molar-refractivity contribution in [1.82, 2.24) is 19.6 Å². The summed E-state index contributed by atoms with van der Waals surface area (Å²) < 4.78 is 4.73. The first-order valence-electron chi connectivity index (χ1n) is 14.5. The Labute approximate surface area is 251 Å². The number of aliphatic hydroxyl groups excluding tert-OH is 1. The zero-order chi connectivity index (χ0) is 29.2. The van der Waals surface area contributed by atoms with Gasteiger partial charge in [0.2, 0.25) is 17.7 Å². The van der Waals surface area contributed by atoms with Gasteiger partial charge in [-0.1, -0.05) is 48.4 Å². The third-order valence-electron chi connectivity index (χ3n) is 9.32. The fourth-order valence-corrected chi connectivity index (χ4v) is 10.6. The Hall–Kier alpha value is -1.40. The summed E-state index contributed by atoms with van der Waals surface area (Å²) in [5.41, 5.74) is 0. The molecule has 3 amide bonds. The summed E-state index contributed by atoms with van der Waals surface area (Å²) in [6, 6.07) is -1.27. The van der Waals surface area contributed by atoms with Crippen molar-refractivity contribution in [2.24, 2.45) is 17.8 Å². The van der Waals surface area contributed by atoms with Gasteiger partial charge < -0.3 is 24.5 Å². The van der Waals surface area contributed by atoms with Gasteiger partial charge in [0, 0.05) is 56.4 Å². The average Bonchev–Trinajstić information content (AvgIpc) is 3.54. The smallest absolute Gasteiger partial charge is 0.247 e. The third kappa shape index (κ3) is 5.53. The Bertz CT molecular complexity index is 980. The molecule has 2 bridgehead atoms. The number of thioether (sulfide) groups is 1. The Kier molecular flexibility index (Phi) is 10.5. The summed E-state index contributed by atoms with van der Waals surface area (Å²) in [6.07, 6.45) is 4.78. The molecule has 0 aliphatic carbocycles. The van der Waals surface area contributed by atoms with E-state index in [1.54, 1.807) is 40.8 Å². The van der Waals surface area contributed by atoms with Gasteiger partial charge in [0.15, 0.2) is 0 Å². The third-order valence-corrected chi connectivity index (χ3v) is 12.5. The number of morpholine rings is 1. The first-order valence-corrected chi connectivity index (χ1v) is 16.3. The van der Waals surface area contributed by atoms with Crippen LogP contribution in [0.2, 0.25) is 0 Å². The second-order valence-electron chi connectivity index (χ2n) is 11.6. The molecule has 40 heavy (non-hydrogen) atoms. The number of fused-ring (bicyclic) bond motifs is 1. The zero-order valence-electron chi connectivity index (χ0n) is 24.0. The predicted octanol–water partition coefficient (Wildman–Crippen LogP) is 1.85. The average molecular weight is 642 g/mol. The number of halogens is 1. The number of aliphatic hydroxyl groups is 1. The quantitative estimate of drug-likeness (QED) is 0.243. The lowest BCUT2D eigenvalue weighted by atomic mass is 9.70. The van der Waals surface area contributed by atoms with Crippen molar-refractivity contribution in [1.29, 1.82) is 0 Å². The van der Waals surface area contributed by atoms with Gasteiger partial charge in [-0.05, 0) is 12.3 Å². The minimum absolute atomic E-state index is 0.000241. The summed E-state index contributed by atoms with van der Waals surface area (Å²) >= 11 is 5.47. The number of carbonyl (C=O) groups excluding carboxylic acids is 3. The molecule has 0 aromatic carbocycles. The molecule has 0 saturated carbocycles. The fourth-order valence-electron chi connectivity index (χ4n) is 7.05. The number of likely N-dealkylation sites (tertiary alicyclic amines) is 1. The molecule has 224 valence electrons. The Morgan fingerprint density at radius 1 is 1.25 bits per heavy atom. The van der Waals surface area contributed by atoms with Crippen LogP contribution in [0.1, 0.15) is 26.7 Å². The molecule has 4 heterocycles. The van der Waals surface area contributed by atoms with Crippen molar-refractivity contribution in [3.05, 3.63) is 25.3 Å². The number of amides is 3. The first kappa shape index (κ1) is 31.5. The van der Waals surface area contributed by atoms with Gasteiger partial charge in [-0.2, -0.15) is 0 Å². The maximum Gasteiger partial charge on any atom is 0.247 e. The molecule has 3 unspecified atom stereocenters. The molecule has 4 aliphatic rings. The lowest BCUT2D eigenvalue weighted by Crippen LogP contribution is -2.59. The van der Waals surface area contributed by atoms with Crippen molar-refractivity contribution < 1.29 is 24.2 Å². The monoisotopic (exact) mass is 640 g/mol. The molecule has 1 spiro atoms. The summed E-state index contributed by atoms with van der Waals surface area (Å²) in [5, 5.41) is 10.5. The molecular weight excluding hydrogens is 596 g/mol. The lowest BCUT2D eigenvalue weighted by molar-refractivity contribution is -0.148. The molecule has 0 radical (unpaired) electrons. The minimum atomic E-state index is -0.765. The summed E-state index contributed by atoms with van der Waals surface area (Å²) in [7, 11) is 1.74. The van der Waals surface area contributed by atoms with Crippen LogP contribution in [-0.4, -0.2) is 135 Å². The molecule has 4 aliphatic heterocycles. The first-order chi connectivity index (χ1) is 19.2. The van der Waals surface area contributed by atoms with E-state index in [-0.39, 0.29) is 40.3 Å². The number of nitrogens with zero attached hydrogens (tertiary/aromatic N) is 4. The summed E-state index contributed by atoms with van der Waals surface area (Å²) in [4.78, 5) is 50.3. The van der Waals surface area contributed by atoms with Gasteiger partial charge >= 0.3 is 0 Å². The fraction of sp³-hybridized carbons (Fsp3) is 0.759. The topological polar surface area (TPSA) is 93.6 Å². The standard InChI is InChI=1S/C29H45BrN4O5S/c1-6-9-31(5)26(36)22-23-27(37)34(21(18-35)19(4)8-3)25(29(23)17-20(30)24(22)40-29)28(38)33(10-7-2)12-11-32-13-15-39-16-14-32/h6-7,19-25,35H,1-2,8-18H2,3-5H3/t19-,20?,21-,22-,23-,24-,25?,29?/m0/s1. The number of likely N-dealkylation sites (N-methyl/N-ethyl adjacent to an activating group) is 1. The highest BCUT2D eigenvalue weighted by molar-refractivity contribution is 9.09. The van der Waals surface area contributed by atoms with Crippen molar-refractivity contribution in [3.8, 4) is 0 Å². The number of ether oxygens (including phenoxy) is 1. The van der Waals surface area contributed by atoms with Gasteiger partial charge in [-0.3, -0.25) is 19.3 Å². The number of hydrogen-bond acceptors (Lipinski definition) is 7. The molecule has 0 aromatic rings. The highest BCUT2D eigenvalue weighted by Gasteiger charge is 2.76. The molecule has 0 aromatic heterocycles. The maximum absolute atomic E-state index is 14.7. The van der Waals surface area contributed by atoms with Crippen LogP contribution in [0.4, 0.5) is 0 Å². The van der Waals surface area contributed by atoms with Crippen molar-refractivity contribution in [2.45, 2.75) is 53.6 Å². The molecule has 1 N–H and O–H groups in total. The molecule has 4 rings (SSSR count). The van der Waals surface area contributed by atoms with Gasteiger partial charge in [-0.15, -0.1) is 24.9 Å². The SMILES string of the molecule is C=CCN(C)C(=O)[C@H]1[C@H]2C(=O)N([C@@H](CO)[C@@H](C)CC)C(C(=O)N(CC=C)CCN3CCOCC3)C23CC(Br)[C@@H]1S3. The highest BCUT2D eigenvalue weighted by Crippen LogP contribution is 2.68. The zero-order valence-corrected chi connectivity index (χ0v) is 26.4. The van der Waals surface area contributed by atoms with E-state index in [0.29, 0.717) is 45.8 Å². The summed E-state index contributed by atoms with van der Waals surface area (Å²) in [6.45, 7) is 16.5. The highest BCUT2D eigenvalue weighted by atomic mass is 79.9. The van der Waals surface area contributed by atoms with Gasteiger partial charge in [0.1, 0.15) is 6.04 Å². The number of carbonyl (C=O) groups is 3. The van der Waals surface area contributed by atoms with Crippen LogP contribution in [-0.2, 0) is 19.1 Å². The Morgan fingerprint density at radius 2 is 1.93 bits per heavy atom. The van der Waals surface area contributed by atoms with E-state index < -0.39 is 28.7 Å². The molecule has 11 heteroatoms.